The van der Waals surface area contributed by atoms with Gasteiger partial charge in [-0.3, -0.25) is 0 Å². The van der Waals surface area contributed by atoms with Gasteiger partial charge in [0.1, 0.15) is 17.4 Å². The fourth-order valence-corrected chi connectivity index (χ4v) is 3.15. The van der Waals surface area contributed by atoms with Crippen LogP contribution >= 0.6 is 7.75 Å². The van der Waals surface area contributed by atoms with Crippen molar-refractivity contribution in [2.24, 2.45) is 10.7 Å². The van der Waals surface area contributed by atoms with E-state index in [1.807, 2.05) is 0 Å². The Morgan fingerprint density at radius 2 is 1.76 bits per heavy atom. The van der Waals surface area contributed by atoms with Gasteiger partial charge < -0.3 is 30.2 Å². The maximum Gasteiger partial charge on any atom is 0.448 e. The SMILES string of the molecule is O=P(O)(O)/N=C1\C=CC=C(O)C1C(O)(O)CCCc1ccc(O)cc1. The third-order valence-corrected chi connectivity index (χ3v) is 4.27. The highest BCUT2D eigenvalue weighted by Gasteiger charge is 2.41. The first-order valence-electron chi connectivity index (χ1n) is 7.54. The highest BCUT2D eigenvalue weighted by Crippen LogP contribution is 2.40. The Bertz CT molecular complexity index is 746. The van der Waals surface area contributed by atoms with Gasteiger partial charge in [0, 0.05) is 6.42 Å². The summed E-state index contributed by atoms with van der Waals surface area (Å²) < 4.78 is 14.3. The Morgan fingerprint density at radius 3 is 2.36 bits per heavy atom. The first-order valence-corrected chi connectivity index (χ1v) is 9.10. The standard InChI is InChI=1S/C16H20NO7P/c18-12-8-6-11(7-9-12)3-2-10-16(20,21)15-13(17-25(22,23)24)4-1-5-14(15)19/h1,4-9,15,18-21H,2-3,10H2,(H2,22,23,24)/b17-13+. The largest absolute Gasteiger partial charge is 0.511 e. The molecule has 9 heteroatoms. The minimum absolute atomic E-state index is 0.129. The number of phenolic OH excluding ortho intramolecular Hbond substituents is 1. The predicted molar refractivity (Wildman–Crippen MR) is 91.0 cm³/mol. The smallest absolute Gasteiger partial charge is 0.448 e. The van der Waals surface area contributed by atoms with Crippen LogP contribution < -0.4 is 0 Å². The molecule has 0 saturated carbocycles. The van der Waals surface area contributed by atoms with E-state index in [1.54, 1.807) is 12.1 Å². The van der Waals surface area contributed by atoms with Gasteiger partial charge in [0.25, 0.3) is 0 Å². The quantitative estimate of drug-likeness (QED) is 0.329. The van der Waals surface area contributed by atoms with Crippen LogP contribution in [0.3, 0.4) is 0 Å². The molecule has 2 rings (SSSR count). The van der Waals surface area contributed by atoms with Crippen LogP contribution in [0, 0.1) is 5.92 Å². The summed E-state index contributed by atoms with van der Waals surface area (Å²) >= 11 is 0. The second-order valence-corrected chi connectivity index (χ2v) is 7.05. The lowest BCUT2D eigenvalue weighted by molar-refractivity contribution is -0.186. The first kappa shape index (κ1) is 19.4. The van der Waals surface area contributed by atoms with Crippen LogP contribution in [0.5, 0.6) is 5.75 Å². The molecular formula is C16H20NO7P. The molecule has 1 aliphatic carbocycles. The summed E-state index contributed by atoms with van der Waals surface area (Å²) in [6, 6.07) is 6.44. The number of aromatic hydroxyl groups is 1. The molecule has 1 unspecified atom stereocenters. The minimum atomic E-state index is -4.79. The van der Waals surface area contributed by atoms with Crippen LogP contribution in [0.15, 0.2) is 53.0 Å². The molecule has 1 aromatic carbocycles. The highest BCUT2D eigenvalue weighted by atomic mass is 31.2. The molecule has 0 bridgehead atoms. The van der Waals surface area contributed by atoms with Gasteiger partial charge in [0.15, 0.2) is 5.79 Å². The van der Waals surface area contributed by atoms with E-state index in [1.165, 1.54) is 30.4 Å². The molecule has 0 amide bonds. The van der Waals surface area contributed by atoms with E-state index in [2.05, 4.69) is 4.76 Å². The fourth-order valence-electron chi connectivity index (χ4n) is 2.66. The fraction of sp³-hybridized carbons (Fsp3) is 0.312. The Balaban J connectivity index is 2.11. The zero-order valence-corrected chi connectivity index (χ0v) is 14.1. The van der Waals surface area contributed by atoms with Crippen molar-refractivity contribution in [2.45, 2.75) is 25.0 Å². The van der Waals surface area contributed by atoms with Crippen molar-refractivity contribution < 1.29 is 34.8 Å². The molecule has 1 aromatic rings. The molecule has 0 spiro atoms. The number of aliphatic hydroxyl groups excluding tert-OH is 1. The first-order chi connectivity index (χ1) is 11.6. The Labute approximate surface area is 144 Å². The molecule has 1 atom stereocenters. The molecule has 0 aromatic heterocycles. The van der Waals surface area contributed by atoms with Gasteiger partial charge in [-0.2, -0.15) is 4.76 Å². The van der Waals surface area contributed by atoms with Crippen LogP contribution in [-0.4, -0.2) is 41.7 Å². The topological polar surface area (TPSA) is 151 Å². The summed E-state index contributed by atoms with van der Waals surface area (Å²) in [6.45, 7) is 0. The zero-order valence-electron chi connectivity index (χ0n) is 13.2. The predicted octanol–water partition coefficient (Wildman–Crippen LogP) is 1.56. The van der Waals surface area contributed by atoms with Crippen LogP contribution in [0.25, 0.3) is 0 Å². The Kier molecular flexibility index (Phi) is 5.82. The molecular weight excluding hydrogens is 349 g/mol. The van der Waals surface area contributed by atoms with Gasteiger partial charge >= 0.3 is 7.75 Å². The summed E-state index contributed by atoms with van der Waals surface area (Å²) in [5.41, 5.74) is 0.573. The number of hydrogen-bond donors (Lipinski definition) is 6. The second kappa shape index (κ2) is 7.51. The van der Waals surface area contributed by atoms with Crippen LogP contribution in [-0.2, 0) is 11.0 Å². The molecule has 0 saturated heterocycles. The number of aliphatic hydroxyl groups is 3. The number of nitrogens with zero attached hydrogens (tertiary/aromatic N) is 1. The highest BCUT2D eigenvalue weighted by molar-refractivity contribution is 7.50. The summed E-state index contributed by atoms with van der Waals surface area (Å²) in [6.07, 6.45) is 4.39. The van der Waals surface area contributed by atoms with Crippen molar-refractivity contribution in [3.8, 4) is 5.75 Å². The lowest BCUT2D eigenvalue weighted by Gasteiger charge is -2.32. The van der Waals surface area contributed by atoms with Gasteiger partial charge in [-0.05, 0) is 42.7 Å². The third-order valence-electron chi connectivity index (χ3n) is 3.78. The van der Waals surface area contributed by atoms with Gasteiger partial charge in [-0.15, -0.1) is 0 Å². The lowest BCUT2D eigenvalue weighted by Crippen LogP contribution is -2.43. The number of aryl methyl sites for hydroxylation is 1. The summed E-state index contributed by atoms with van der Waals surface area (Å²) in [5.74, 6) is -4.20. The molecule has 6 N–H and O–H groups in total. The lowest BCUT2D eigenvalue weighted by atomic mass is 9.85. The van der Waals surface area contributed by atoms with E-state index in [0.717, 1.165) is 5.56 Å². The average molecular weight is 369 g/mol. The summed E-state index contributed by atoms with van der Waals surface area (Å²) in [4.78, 5) is 18.0. The molecule has 0 fully saturated rings. The van der Waals surface area contributed by atoms with E-state index in [9.17, 15) is 25.0 Å². The van der Waals surface area contributed by atoms with Gasteiger partial charge in [0.2, 0.25) is 0 Å². The van der Waals surface area contributed by atoms with Crippen LogP contribution in [0.4, 0.5) is 0 Å². The van der Waals surface area contributed by atoms with E-state index >= 15 is 0 Å². The number of benzene rings is 1. The number of allylic oxidation sites excluding steroid dienone is 3. The number of phenols is 1. The van der Waals surface area contributed by atoms with Gasteiger partial charge in [-0.25, -0.2) is 4.57 Å². The van der Waals surface area contributed by atoms with Gasteiger partial charge in [0.05, 0.1) is 5.71 Å². The Morgan fingerprint density at radius 1 is 1.12 bits per heavy atom. The number of hydrogen-bond acceptors (Lipinski definition) is 5. The van der Waals surface area contributed by atoms with Crippen molar-refractivity contribution >= 4 is 13.5 Å². The van der Waals surface area contributed by atoms with Crippen molar-refractivity contribution in [2.75, 3.05) is 0 Å². The summed E-state index contributed by atoms with van der Waals surface area (Å²) in [5, 5.41) is 39.9. The monoisotopic (exact) mass is 369 g/mol. The molecule has 8 nitrogen and oxygen atoms in total. The van der Waals surface area contributed by atoms with E-state index in [0.29, 0.717) is 12.8 Å². The van der Waals surface area contributed by atoms with Gasteiger partial charge in [-0.1, -0.05) is 18.2 Å². The van der Waals surface area contributed by atoms with Crippen molar-refractivity contribution in [3.05, 3.63) is 53.8 Å². The second-order valence-electron chi connectivity index (χ2n) is 5.82. The Hall–Kier alpha value is -1.96. The average Bonchev–Trinajstić information content (AvgIpc) is 2.47. The number of rotatable bonds is 6. The molecule has 1 aliphatic rings. The third kappa shape index (κ3) is 5.52. The minimum Gasteiger partial charge on any atom is -0.511 e. The summed E-state index contributed by atoms with van der Waals surface area (Å²) in [7, 11) is -4.79. The molecule has 0 aliphatic heterocycles. The van der Waals surface area contributed by atoms with E-state index < -0.39 is 25.2 Å². The maximum atomic E-state index is 11.1. The molecule has 25 heavy (non-hydrogen) atoms. The van der Waals surface area contributed by atoms with Crippen molar-refractivity contribution in [1.29, 1.82) is 0 Å². The maximum absolute atomic E-state index is 11.1. The van der Waals surface area contributed by atoms with Crippen molar-refractivity contribution in [1.82, 2.24) is 0 Å². The molecule has 0 radical (unpaired) electrons. The molecule has 136 valence electrons. The van der Waals surface area contributed by atoms with Crippen LogP contribution in [0.2, 0.25) is 0 Å². The van der Waals surface area contributed by atoms with E-state index in [4.69, 9.17) is 9.79 Å². The van der Waals surface area contributed by atoms with E-state index in [-0.39, 0.29) is 17.9 Å². The normalized spacial score (nSPS) is 19.9. The molecule has 0 heterocycles. The van der Waals surface area contributed by atoms with Crippen LogP contribution in [0.1, 0.15) is 18.4 Å². The zero-order chi connectivity index (χ0) is 18.7. The van der Waals surface area contributed by atoms with Crippen molar-refractivity contribution in [3.63, 3.8) is 0 Å².